The number of carbonyl (C=O) groups is 1. The zero-order valence-electron chi connectivity index (χ0n) is 21.4. The van der Waals surface area contributed by atoms with Crippen molar-refractivity contribution < 1.29 is 14.3 Å². The Balaban J connectivity index is 1.68. The van der Waals surface area contributed by atoms with E-state index in [1.165, 1.54) is 0 Å². The summed E-state index contributed by atoms with van der Waals surface area (Å²) in [7, 11) is 1.56. The third-order valence-electron chi connectivity index (χ3n) is 6.79. The van der Waals surface area contributed by atoms with Gasteiger partial charge in [-0.15, -0.1) is 0 Å². The van der Waals surface area contributed by atoms with Crippen LogP contribution in [0.5, 0.6) is 11.6 Å². The number of ether oxygens (including phenoxy) is 2. The summed E-state index contributed by atoms with van der Waals surface area (Å²) in [5.41, 5.74) is 4.29. The van der Waals surface area contributed by atoms with Crippen LogP contribution in [0.1, 0.15) is 42.2 Å². The zero-order valence-corrected chi connectivity index (χ0v) is 22.9. The number of methoxy groups -OCH3 is 1. The van der Waals surface area contributed by atoms with E-state index in [0.29, 0.717) is 58.5 Å². The number of rotatable bonds is 7. The fourth-order valence-corrected chi connectivity index (χ4v) is 5.52. The van der Waals surface area contributed by atoms with Gasteiger partial charge in [0.1, 0.15) is 5.75 Å². The van der Waals surface area contributed by atoms with Crippen LogP contribution in [0.3, 0.4) is 0 Å². The van der Waals surface area contributed by atoms with E-state index in [1.54, 1.807) is 25.6 Å². The molecule has 1 atom stereocenters. The first-order valence-corrected chi connectivity index (χ1v) is 13.3. The molecule has 9 heteroatoms. The highest BCUT2D eigenvalue weighted by molar-refractivity contribution is 6.35. The second-order valence-electron chi connectivity index (χ2n) is 8.96. The summed E-state index contributed by atoms with van der Waals surface area (Å²) in [5.74, 6) is 0.957. The summed E-state index contributed by atoms with van der Waals surface area (Å²) in [5, 5.41) is 4.89. The molecule has 196 valence electrons. The largest absolute Gasteiger partial charge is 0.493 e. The second kappa shape index (κ2) is 11.1. The fourth-order valence-electron chi connectivity index (χ4n) is 5.00. The Morgan fingerprint density at radius 2 is 1.84 bits per heavy atom. The van der Waals surface area contributed by atoms with Crippen LogP contribution in [0.15, 0.2) is 54.9 Å². The monoisotopic (exact) mass is 550 g/mol. The number of nitrogens with one attached hydrogen (secondary N) is 1. The second-order valence-corrected chi connectivity index (χ2v) is 9.83. The Bertz CT molecular complexity index is 1490. The predicted molar refractivity (Wildman–Crippen MR) is 152 cm³/mol. The first kappa shape index (κ1) is 26.1. The van der Waals surface area contributed by atoms with Crippen molar-refractivity contribution in [3.63, 3.8) is 0 Å². The average Bonchev–Trinajstić information content (AvgIpc) is 2.92. The average molecular weight is 551 g/mol. The van der Waals surface area contributed by atoms with Crippen molar-refractivity contribution in [3.05, 3.63) is 76.0 Å². The Morgan fingerprint density at radius 1 is 1.11 bits per heavy atom. The molecule has 0 unspecified atom stereocenters. The highest BCUT2D eigenvalue weighted by atomic mass is 35.5. The number of pyridine rings is 2. The molecule has 0 saturated heterocycles. The molecule has 4 aromatic rings. The number of aromatic nitrogens is 2. The van der Waals surface area contributed by atoms with Crippen LogP contribution in [-0.4, -0.2) is 42.7 Å². The molecule has 1 aliphatic heterocycles. The summed E-state index contributed by atoms with van der Waals surface area (Å²) in [6.07, 6.45) is 4.00. The molecule has 5 rings (SSSR count). The first-order chi connectivity index (χ1) is 18.4. The molecule has 0 saturated carbocycles. The summed E-state index contributed by atoms with van der Waals surface area (Å²) in [6, 6.07) is 12.9. The third-order valence-corrected chi connectivity index (χ3v) is 7.22. The summed E-state index contributed by atoms with van der Waals surface area (Å²) in [4.78, 5) is 25.3. The van der Waals surface area contributed by atoms with Crippen LogP contribution < -0.4 is 19.7 Å². The number of hydrogen-bond donors (Lipinski definition) is 1. The number of carbonyl (C=O) groups excluding carboxylic acids is 1. The molecule has 1 aliphatic rings. The third kappa shape index (κ3) is 4.84. The molecule has 0 fully saturated rings. The van der Waals surface area contributed by atoms with Crippen molar-refractivity contribution in [2.45, 2.75) is 26.3 Å². The van der Waals surface area contributed by atoms with Gasteiger partial charge in [0.25, 0.3) is 5.91 Å². The standard InChI is InChI=1S/C29H28Cl2N4O3/c1-4-35(5-2)27-22(28(36)34-23-10-11-38-24-9-7-6-8-20(23)24)16-32-26-21(15-33-29(37-3)25(26)27)17-12-18(30)14-19(31)13-17/h6-9,12-16,23H,4-5,10-11H2,1-3H3,(H,34,36)/t23-/m0/s1. The number of amides is 1. The molecule has 1 amide bonds. The van der Waals surface area contributed by atoms with Crippen molar-refractivity contribution in [1.82, 2.24) is 15.3 Å². The van der Waals surface area contributed by atoms with E-state index in [0.717, 1.165) is 28.1 Å². The minimum absolute atomic E-state index is 0.173. The SMILES string of the molecule is CCN(CC)c1c(C(=O)N[C@H]2CCOc3ccccc32)cnc2c(-c3cc(Cl)cc(Cl)c3)cnc(OC)c12. The lowest BCUT2D eigenvalue weighted by Crippen LogP contribution is -2.34. The molecule has 3 heterocycles. The van der Waals surface area contributed by atoms with Gasteiger partial charge in [-0.1, -0.05) is 41.4 Å². The van der Waals surface area contributed by atoms with Crippen LogP contribution in [0, 0.1) is 0 Å². The van der Waals surface area contributed by atoms with Gasteiger partial charge in [0.2, 0.25) is 5.88 Å². The van der Waals surface area contributed by atoms with Gasteiger partial charge in [0.05, 0.1) is 41.9 Å². The Hall–Kier alpha value is -3.55. The lowest BCUT2D eigenvalue weighted by Gasteiger charge is -2.29. The quantitative estimate of drug-likeness (QED) is 0.275. The maximum Gasteiger partial charge on any atom is 0.255 e. The van der Waals surface area contributed by atoms with Gasteiger partial charge < -0.3 is 19.7 Å². The summed E-state index contributed by atoms with van der Waals surface area (Å²) in [6.45, 7) is 5.97. The van der Waals surface area contributed by atoms with Gasteiger partial charge in [0, 0.05) is 53.1 Å². The molecule has 2 aromatic heterocycles. The van der Waals surface area contributed by atoms with E-state index in [9.17, 15) is 4.79 Å². The van der Waals surface area contributed by atoms with E-state index < -0.39 is 0 Å². The van der Waals surface area contributed by atoms with Crippen molar-refractivity contribution in [2.75, 3.05) is 31.7 Å². The lowest BCUT2D eigenvalue weighted by atomic mass is 9.99. The fraction of sp³-hybridized carbons (Fsp3) is 0.276. The van der Waals surface area contributed by atoms with Crippen LogP contribution in [-0.2, 0) is 0 Å². The van der Waals surface area contributed by atoms with E-state index >= 15 is 0 Å². The van der Waals surface area contributed by atoms with Gasteiger partial charge in [-0.05, 0) is 43.7 Å². The first-order valence-electron chi connectivity index (χ1n) is 12.5. The van der Waals surface area contributed by atoms with Crippen molar-refractivity contribution >= 4 is 45.7 Å². The lowest BCUT2D eigenvalue weighted by molar-refractivity contribution is 0.0925. The van der Waals surface area contributed by atoms with Crippen LogP contribution in [0.4, 0.5) is 5.69 Å². The normalized spacial score (nSPS) is 14.5. The number of halogens is 2. The molecule has 2 aromatic carbocycles. The Labute approximate surface area is 231 Å². The van der Waals surface area contributed by atoms with Crippen molar-refractivity contribution in [1.29, 1.82) is 0 Å². The van der Waals surface area contributed by atoms with Gasteiger partial charge in [0.15, 0.2) is 0 Å². The molecule has 0 aliphatic carbocycles. The van der Waals surface area contributed by atoms with E-state index in [4.69, 9.17) is 37.7 Å². The Morgan fingerprint density at radius 3 is 2.55 bits per heavy atom. The van der Waals surface area contributed by atoms with E-state index in [2.05, 4.69) is 15.2 Å². The number of nitrogens with zero attached hydrogens (tertiary/aromatic N) is 3. The van der Waals surface area contributed by atoms with Crippen molar-refractivity contribution in [2.24, 2.45) is 0 Å². The molecule has 7 nitrogen and oxygen atoms in total. The number of para-hydroxylation sites is 1. The van der Waals surface area contributed by atoms with E-state index in [-0.39, 0.29) is 11.9 Å². The molecule has 0 bridgehead atoms. The van der Waals surface area contributed by atoms with Crippen LogP contribution in [0.25, 0.3) is 22.0 Å². The maximum atomic E-state index is 13.9. The molecule has 0 radical (unpaired) electrons. The van der Waals surface area contributed by atoms with Crippen LogP contribution in [0.2, 0.25) is 10.0 Å². The smallest absolute Gasteiger partial charge is 0.255 e. The molecule has 1 N–H and O–H groups in total. The summed E-state index contributed by atoms with van der Waals surface area (Å²) < 4.78 is 11.5. The highest BCUT2D eigenvalue weighted by Gasteiger charge is 2.28. The van der Waals surface area contributed by atoms with Crippen LogP contribution >= 0.6 is 23.2 Å². The van der Waals surface area contributed by atoms with Gasteiger partial charge in [-0.2, -0.15) is 0 Å². The zero-order chi connectivity index (χ0) is 26.8. The van der Waals surface area contributed by atoms with E-state index in [1.807, 2.05) is 50.2 Å². The highest BCUT2D eigenvalue weighted by Crippen LogP contribution is 2.41. The molecule has 0 spiro atoms. The topological polar surface area (TPSA) is 76.6 Å². The summed E-state index contributed by atoms with van der Waals surface area (Å²) >= 11 is 12.6. The number of hydrogen-bond acceptors (Lipinski definition) is 6. The number of fused-ring (bicyclic) bond motifs is 2. The molecular weight excluding hydrogens is 523 g/mol. The maximum absolute atomic E-state index is 13.9. The minimum atomic E-state index is -0.221. The van der Waals surface area contributed by atoms with Gasteiger partial charge in [-0.25, -0.2) is 4.98 Å². The minimum Gasteiger partial charge on any atom is -0.493 e. The van der Waals surface area contributed by atoms with Gasteiger partial charge in [-0.3, -0.25) is 9.78 Å². The Kier molecular flexibility index (Phi) is 7.58. The predicted octanol–water partition coefficient (Wildman–Crippen LogP) is 6.71. The van der Waals surface area contributed by atoms with Crippen molar-refractivity contribution in [3.8, 4) is 22.8 Å². The molecule has 38 heavy (non-hydrogen) atoms. The number of benzene rings is 2. The van der Waals surface area contributed by atoms with Gasteiger partial charge >= 0.3 is 0 Å². The number of anilines is 1. The molecular formula is C29H28Cl2N4O3.